The Morgan fingerprint density at radius 2 is 2.05 bits per heavy atom. The number of pyridine rings is 1. The molecule has 1 N–H and O–H groups in total. The number of nitrogens with one attached hydrogen (secondary N) is 1. The van der Waals surface area contributed by atoms with E-state index in [0.29, 0.717) is 5.82 Å². The lowest BCUT2D eigenvalue weighted by atomic mass is 10.3. The van der Waals surface area contributed by atoms with E-state index in [2.05, 4.69) is 25.7 Å². The lowest BCUT2D eigenvalue weighted by Gasteiger charge is -2.12. The van der Waals surface area contributed by atoms with Gasteiger partial charge in [-0.1, -0.05) is 6.07 Å². The van der Waals surface area contributed by atoms with Crippen LogP contribution >= 0.6 is 0 Å². The topological polar surface area (TPSA) is 91.8 Å². The highest BCUT2D eigenvalue weighted by molar-refractivity contribution is 5.40. The summed E-state index contributed by atoms with van der Waals surface area (Å²) in [6.45, 7) is 1.96. The molecule has 0 bridgehead atoms. The quantitative estimate of drug-likeness (QED) is 0.772. The highest BCUT2D eigenvalue weighted by Gasteiger charge is 2.13. The summed E-state index contributed by atoms with van der Waals surface area (Å²) in [5.41, 5.74) is 1.08. The van der Waals surface area contributed by atoms with Crippen LogP contribution in [0.2, 0.25) is 0 Å². The van der Waals surface area contributed by atoms with Crippen molar-refractivity contribution in [2.45, 2.75) is 13.0 Å². The van der Waals surface area contributed by atoms with E-state index in [1.807, 2.05) is 41.8 Å². The van der Waals surface area contributed by atoms with Crippen LogP contribution in [-0.4, -0.2) is 24.8 Å². The highest BCUT2D eigenvalue weighted by Crippen LogP contribution is 2.16. The van der Waals surface area contributed by atoms with Gasteiger partial charge in [0.1, 0.15) is 11.9 Å². The molecule has 7 heteroatoms. The first-order chi connectivity index (χ1) is 9.78. The molecule has 0 saturated heterocycles. The third-order valence-corrected chi connectivity index (χ3v) is 2.87. The summed E-state index contributed by atoms with van der Waals surface area (Å²) in [7, 11) is 0. The molecule has 0 fully saturated rings. The molecule has 3 heterocycles. The Kier molecular flexibility index (Phi) is 2.97. The Labute approximate surface area is 114 Å². The molecular formula is C13H11N7. The van der Waals surface area contributed by atoms with Crippen LogP contribution in [0, 0.1) is 11.3 Å². The van der Waals surface area contributed by atoms with Crippen molar-refractivity contribution in [3.8, 4) is 6.07 Å². The average molecular weight is 265 g/mol. The van der Waals surface area contributed by atoms with E-state index in [4.69, 9.17) is 5.26 Å². The number of aromatic nitrogens is 5. The molecule has 98 valence electrons. The zero-order chi connectivity index (χ0) is 13.9. The number of rotatable bonds is 3. The number of nitrogens with zero attached hydrogens (tertiary/aromatic N) is 6. The molecule has 1 unspecified atom stereocenters. The molecule has 0 aliphatic heterocycles. The molecule has 0 radical (unpaired) electrons. The lowest BCUT2D eigenvalue weighted by Crippen LogP contribution is -2.12. The van der Waals surface area contributed by atoms with Gasteiger partial charge in [-0.3, -0.25) is 4.40 Å². The van der Waals surface area contributed by atoms with Crippen LogP contribution in [0.25, 0.3) is 5.65 Å². The first kappa shape index (κ1) is 12.0. The smallest absolute Gasteiger partial charge is 0.163 e. The van der Waals surface area contributed by atoms with E-state index in [9.17, 15) is 0 Å². The molecule has 20 heavy (non-hydrogen) atoms. The van der Waals surface area contributed by atoms with E-state index >= 15 is 0 Å². The summed E-state index contributed by atoms with van der Waals surface area (Å²) in [4.78, 5) is 0. The molecule has 0 aliphatic rings. The monoisotopic (exact) mass is 265 g/mol. The standard InChI is InChI=1S/C13H11N7/c1-9(15-11-6-5-10(8-14)16-17-11)13-19-18-12-4-2-3-7-20(12)13/h2-7,9H,1H3,(H,15,17). The van der Waals surface area contributed by atoms with Crippen LogP contribution in [0.3, 0.4) is 0 Å². The number of hydrogen-bond acceptors (Lipinski definition) is 6. The van der Waals surface area contributed by atoms with Gasteiger partial charge in [-0.05, 0) is 31.2 Å². The van der Waals surface area contributed by atoms with E-state index in [1.165, 1.54) is 0 Å². The Balaban J connectivity index is 1.85. The Hall–Kier alpha value is -3.01. The van der Waals surface area contributed by atoms with Gasteiger partial charge in [0.15, 0.2) is 17.2 Å². The fraction of sp³-hybridized carbons (Fsp3) is 0.154. The second kappa shape index (κ2) is 4.93. The van der Waals surface area contributed by atoms with Crippen molar-refractivity contribution < 1.29 is 0 Å². The van der Waals surface area contributed by atoms with Crippen molar-refractivity contribution in [2.75, 3.05) is 5.32 Å². The lowest BCUT2D eigenvalue weighted by molar-refractivity contribution is 0.763. The molecule has 0 saturated carbocycles. The largest absolute Gasteiger partial charge is 0.359 e. The first-order valence-corrected chi connectivity index (χ1v) is 6.08. The Morgan fingerprint density at radius 3 is 2.80 bits per heavy atom. The summed E-state index contributed by atoms with van der Waals surface area (Å²) < 4.78 is 1.91. The van der Waals surface area contributed by atoms with Crippen LogP contribution < -0.4 is 5.32 Å². The van der Waals surface area contributed by atoms with Crippen LogP contribution in [0.5, 0.6) is 0 Å². The van der Waals surface area contributed by atoms with E-state index in [-0.39, 0.29) is 11.7 Å². The van der Waals surface area contributed by atoms with Crippen molar-refractivity contribution in [1.29, 1.82) is 5.26 Å². The van der Waals surface area contributed by atoms with Crippen LogP contribution in [0.1, 0.15) is 24.5 Å². The van der Waals surface area contributed by atoms with Crippen LogP contribution in [0.15, 0.2) is 36.5 Å². The zero-order valence-electron chi connectivity index (χ0n) is 10.7. The van der Waals surface area contributed by atoms with Gasteiger partial charge in [0.2, 0.25) is 0 Å². The average Bonchev–Trinajstić information content (AvgIpc) is 2.92. The van der Waals surface area contributed by atoms with Gasteiger partial charge in [0.25, 0.3) is 0 Å². The van der Waals surface area contributed by atoms with Gasteiger partial charge in [-0.25, -0.2) is 0 Å². The molecule has 0 aliphatic carbocycles. The minimum absolute atomic E-state index is 0.0883. The maximum atomic E-state index is 8.68. The summed E-state index contributed by atoms with van der Waals surface area (Å²) >= 11 is 0. The van der Waals surface area contributed by atoms with Crippen LogP contribution in [0.4, 0.5) is 5.82 Å². The van der Waals surface area contributed by atoms with Crippen molar-refractivity contribution >= 4 is 11.5 Å². The maximum Gasteiger partial charge on any atom is 0.163 e. The van der Waals surface area contributed by atoms with E-state index in [1.54, 1.807) is 12.1 Å². The number of nitriles is 1. The Bertz CT molecular complexity index is 769. The molecule has 3 aromatic heterocycles. The van der Waals surface area contributed by atoms with Gasteiger partial charge in [-0.15, -0.1) is 20.4 Å². The molecule has 7 nitrogen and oxygen atoms in total. The first-order valence-electron chi connectivity index (χ1n) is 6.08. The summed E-state index contributed by atoms with van der Waals surface area (Å²) in [5, 5.41) is 27.9. The van der Waals surface area contributed by atoms with Gasteiger partial charge in [-0.2, -0.15) is 5.26 Å². The summed E-state index contributed by atoms with van der Waals surface area (Å²) in [6, 6.07) is 10.9. The molecule has 0 aromatic carbocycles. The molecule has 1 atom stereocenters. The fourth-order valence-electron chi connectivity index (χ4n) is 1.91. The second-order valence-corrected chi connectivity index (χ2v) is 4.27. The van der Waals surface area contributed by atoms with Gasteiger partial charge in [0.05, 0.1) is 6.04 Å². The summed E-state index contributed by atoms with van der Waals surface area (Å²) in [5.74, 6) is 1.37. The van der Waals surface area contributed by atoms with Crippen LogP contribution in [-0.2, 0) is 0 Å². The van der Waals surface area contributed by atoms with Gasteiger partial charge < -0.3 is 5.32 Å². The summed E-state index contributed by atoms with van der Waals surface area (Å²) in [6.07, 6.45) is 1.91. The third-order valence-electron chi connectivity index (χ3n) is 2.87. The molecular weight excluding hydrogens is 254 g/mol. The second-order valence-electron chi connectivity index (χ2n) is 4.27. The van der Waals surface area contributed by atoms with E-state index in [0.717, 1.165) is 11.5 Å². The van der Waals surface area contributed by atoms with Crippen molar-refractivity contribution in [2.24, 2.45) is 0 Å². The molecule has 3 rings (SSSR count). The molecule has 0 amide bonds. The normalized spacial score (nSPS) is 12.0. The number of fused-ring (bicyclic) bond motifs is 1. The highest BCUT2D eigenvalue weighted by atomic mass is 15.3. The van der Waals surface area contributed by atoms with Gasteiger partial charge >= 0.3 is 0 Å². The minimum Gasteiger partial charge on any atom is -0.359 e. The SMILES string of the molecule is CC(Nc1ccc(C#N)nn1)c1nnc2ccccn12. The predicted molar refractivity (Wildman–Crippen MR) is 71.8 cm³/mol. The number of hydrogen-bond donors (Lipinski definition) is 1. The van der Waals surface area contributed by atoms with Crippen molar-refractivity contribution in [1.82, 2.24) is 24.8 Å². The maximum absolute atomic E-state index is 8.68. The fourth-order valence-corrected chi connectivity index (χ4v) is 1.91. The third kappa shape index (κ3) is 2.14. The minimum atomic E-state index is -0.0883. The molecule has 3 aromatic rings. The van der Waals surface area contributed by atoms with E-state index < -0.39 is 0 Å². The number of anilines is 1. The Morgan fingerprint density at radius 1 is 1.15 bits per heavy atom. The molecule has 0 spiro atoms. The van der Waals surface area contributed by atoms with Gasteiger partial charge in [0, 0.05) is 6.20 Å². The predicted octanol–water partition coefficient (Wildman–Crippen LogP) is 1.56. The van der Waals surface area contributed by atoms with Crippen molar-refractivity contribution in [3.05, 3.63) is 48.0 Å². The van der Waals surface area contributed by atoms with Crippen molar-refractivity contribution in [3.63, 3.8) is 0 Å². The zero-order valence-corrected chi connectivity index (χ0v) is 10.7.